The molecule has 0 rings (SSSR count). The van der Waals surface area contributed by atoms with E-state index in [1.165, 1.54) is 11.8 Å². The average Bonchev–Trinajstić information content (AvgIpc) is 2.23. The van der Waals surface area contributed by atoms with Crippen molar-refractivity contribution in [3.8, 4) is 0 Å². The Kier molecular flexibility index (Phi) is 5.48. The molecule has 0 saturated carbocycles. The zero-order valence-corrected chi connectivity index (χ0v) is 10.9. The predicted octanol–water partition coefficient (Wildman–Crippen LogP) is 2.13. The van der Waals surface area contributed by atoms with Gasteiger partial charge < -0.3 is 10.0 Å². The highest BCUT2D eigenvalue weighted by Crippen LogP contribution is 2.28. The van der Waals surface area contributed by atoms with Gasteiger partial charge in [0.25, 0.3) is 0 Å². The molecule has 4 heteroatoms. The highest BCUT2D eigenvalue weighted by atomic mass is 16.4. The van der Waals surface area contributed by atoms with Gasteiger partial charge in [-0.1, -0.05) is 27.2 Å². The van der Waals surface area contributed by atoms with E-state index in [4.69, 9.17) is 0 Å². The van der Waals surface area contributed by atoms with Crippen LogP contribution in [0.4, 0.5) is 0 Å². The summed E-state index contributed by atoms with van der Waals surface area (Å²) in [5.74, 6) is -0.821. The Bertz CT molecular complexity index is 265. The number of amides is 1. The molecule has 94 valence electrons. The van der Waals surface area contributed by atoms with Crippen molar-refractivity contribution in [1.29, 1.82) is 0 Å². The summed E-state index contributed by atoms with van der Waals surface area (Å²) in [4.78, 5) is 24.2. The van der Waals surface area contributed by atoms with E-state index in [1.54, 1.807) is 7.05 Å². The van der Waals surface area contributed by atoms with E-state index >= 15 is 0 Å². The number of carboxylic acids is 1. The standard InChI is InChI=1S/C12H23NO3/c1-6-9(3)8-12(7-2,11(15)16)13(5)10(4)14/h9H,6-8H2,1-5H3,(H,15,16). The van der Waals surface area contributed by atoms with Crippen molar-refractivity contribution >= 4 is 11.9 Å². The maximum Gasteiger partial charge on any atom is 0.329 e. The molecule has 0 aliphatic rings. The molecule has 0 aromatic carbocycles. The second-order valence-electron chi connectivity index (χ2n) is 4.49. The van der Waals surface area contributed by atoms with E-state index < -0.39 is 11.5 Å². The molecule has 2 atom stereocenters. The van der Waals surface area contributed by atoms with Gasteiger partial charge in [0.1, 0.15) is 5.54 Å². The van der Waals surface area contributed by atoms with Crippen LogP contribution in [-0.4, -0.2) is 34.5 Å². The lowest BCUT2D eigenvalue weighted by atomic mass is 9.83. The smallest absolute Gasteiger partial charge is 0.329 e. The van der Waals surface area contributed by atoms with Crippen molar-refractivity contribution in [2.75, 3.05) is 7.05 Å². The van der Waals surface area contributed by atoms with Gasteiger partial charge in [0.05, 0.1) is 0 Å². The maximum absolute atomic E-state index is 11.5. The molecule has 0 aliphatic heterocycles. The molecule has 0 saturated heterocycles. The van der Waals surface area contributed by atoms with E-state index in [-0.39, 0.29) is 11.8 Å². The fourth-order valence-corrected chi connectivity index (χ4v) is 1.92. The largest absolute Gasteiger partial charge is 0.479 e. The summed E-state index contributed by atoms with van der Waals surface area (Å²) >= 11 is 0. The fourth-order valence-electron chi connectivity index (χ4n) is 1.92. The Balaban J connectivity index is 5.15. The predicted molar refractivity (Wildman–Crippen MR) is 63.2 cm³/mol. The molecule has 0 aromatic heterocycles. The van der Waals surface area contributed by atoms with Crippen LogP contribution in [0.5, 0.6) is 0 Å². The number of carbonyl (C=O) groups excluding carboxylic acids is 1. The van der Waals surface area contributed by atoms with E-state index in [9.17, 15) is 14.7 Å². The lowest BCUT2D eigenvalue weighted by Gasteiger charge is -2.38. The highest BCUT2D eigenvalue weighted by Gasteiger charge is 2.42. The van der Waals surface area contributed by atoms with Gasteiger partial charge in [-0.2, -0.15) is 0 Å². The van der Waals surface area contributed by atoms with E-state index in [0.29, 0.717) is 12.8 Å². The third-order valence-corrected chi connectivity index (χ3v) is 3.48. The molecule has 0 heterocycles. The van der Waals surface area contributed by atoms with Crippen molar-refractivity contribution in [3.63, 3.8) is 0 Å². The number of nitrogens with zero attached hydrogens (tertiary/aromatic N) is 1. The zero-order valence-electron chi connectivity index (χ0n) is 10.9. The number of rotatable bonds is 6. The maximum atomic E-state index is 11.5. The molecular formula is C12H23NO3. The van der Waals surface area contributed by atoms with Crippen molar-refractivity contribution in [1.82, 2.24) is 4.90 Å². The lowest BCUT2D eigenvalue weighted by molar-refractivity contribution is -0.158. The van der Waals surface area contributed by atoms with E-state index in [0.717, 1.165) is 6.42 Å². The Morgan fingerprint density at radius 3 is 2.12 bits per heavy atom. The van der Waals surface area contributed by atoms with E-state index in [1.807, 2.05) is 20.8 Å². The molecule has 0 fully saturated rings. The van der Waals surface area contributed by atoms with Gasteiger partial charge >= 0.3 is 5.97 Å². The zero-order chi connectivity index (χ0) is 12.9. The Labute approximate surface area is 97.6 Å². The van der Waals surface area contributed by atoms with Crippen LogP contribution in [0.15, 0.2) is 0 Å². The normalized spacial score (nSPS) is 16.3. The first-order valence-corrected chi connectivity index (χ1v) is 5.79. The number of aliphatic carboxylic acids is 1. The molecule has 4 nitrogen and oxygen atoms in total. The van der Waals surface area contributed by atoms with Crippen molar-refractivity contribution < 1.29 is 14.7 Å². The minimum absolute atomic E-state index is 0.201. The summed E-state index contributed by atoms with van der Waals surface area (Å²) in [7, 11) is 1.57. The third-order valence-electron chi connectivity index (χ3n) is 3.48. The second kappa shape index (κ2) is 5.87. The summed E-state index contributed by atoms with van der Waals surface area (Å²) in [5.41, 5.74) is -1.05. The Morgan fingerprint density at radius 2 is 1.88 bits per heavy atom. The van der Waals surface area contributed by atoms with Crippen molar-refractivity contribution in [3.05, 3.63) is 0 Å². The Morgan fingerprint density at radius 1 is 1.38 bits per heavy atom. The molecule has 0 aromatic rings. The first-order chi connectivity index (χ1) is 7.31. The second-order valence-corrected chi connectivity index (χ2v) is 4.49. The SMILES string of the molecule is CCC(C)CC(CC)(C(=O)O)N(C)C(C)=O. The highest BCUT2D eigenvalue weighted by molar-refractivity contribution is 5.85. The van der Waals surface area contributed by atoms with Crippen molar-refractivity contribution in [2.45, 2.75) is 52.5 Å². The molecule has 0 spiro atoms. The summed E-state index contributed by atoms with van der Waals surface area (Å²) in [5, 5.41) is 9.39. The minimum Gasteiger partial charge on any atom is -0.479 e. The van der Waals surface area contributed by atoms with Crippen LogP contribution in [-0.2, 0) is 9.59 Å². The average molecular weight is 229 g/mol. The van der Waals surface area contributed by atoms with Crippen LogP contribution in [0.2, 0.25) is 0 Å². The molecular weight excluding hydrogens is 206 g/mol. The molecule has 0 bridgehead atoms. The quantitative estimate of drug-likeness (QED) is 0.759. The first kappa shape index (κ1) is 14.9. The van der Waals surface area contributed by atoms with Crippen molar-refractivity contribution in [2.24, 2.45) is 5.92 Å². The molecule has 16 heavy (non-hydrogen) atoms. The van der Waals surface area contributed by atoms with Crippen LogP contribution >= 0.6 is 0 Å². The summed E-state index contributed by atoms with van der Waals surface area (Å²) in [6.45, 7) is 7.27. The molecule has 0 radical (unpaired) electrons. The lowest BCUT2D eigenvalue weighted by Crippen LogP contribution is -2.55. The van der Waals surface area contributed by atoms with Gasteiger partial charge in [-0.15, -0.1) is 0 Å². The van der Waals surface area contributed by atoms with Gasteiger partial charge in [0, 0.05) is 14.0 Å². The van der Waals surface area contributed by atoms with Crippen LogP contribution in [0, 0.1) is 5.92 Å². The van der Waals surface area contributed by atoms with Gasteiger partial charge in [0.2, 0.25) is 5.91 Å². The van der Waals surface area contributed by atoms with E-state index in [2.05, 4.69) is 0 Å². The number of hydrogen-bond acceptors (Lipinski definition) is 2. The van der Waals surface area contributed by atoms with Gasteiger partial charge in [-0.25, -0.2) is 4.79 Å². The number of carboxylic acid groups (broad SMARTS) is 1. The molecule has 1 amide bonds. The van der Waals surface area contributed by atoms with Crippen LogP contribution in [0.25, 0.3) is 0 Å². The summed E-state index contributed by atoms with van der Waals surface area (Å²) in [6.07, 6.45) is 1.86. The molecule has 1 N–H and O–H groups in total. The summed E-state index contributed by atoms with van der Waals surface area (Å²) in [6, 6.07) is 0. The first-order valence-electron chi connectivity index (χ1n) is 5.79. The number of carbonyl (C=O) groups is 2. The summed E-state index contributed by atoms with van der Waals surface area (Å²) < 4.78 is 0. The van der Waals surface area contributed by atoms with Crippen LogP contribution in [0.3, 0.4) is 0 Å². The number of likely N-dealkylation sites (N-methyl/N-ethyl adjacent to an activating group) is 1. The topological polar surface area (TPSA) is 57.6 Å². The number of hydrogen-bond donors (Lipinski definition) is 1. The van der Waals surface area contributed by atoms with Gasteiger partial charge in [0.15, 0.2) is 0 Å². The Hall–Kier alpha value is -1.06. The monoisotopic (exact) mass is 229 g/mol. The van der Waals surface area contributed by atoms with Gasteiger partial charge in [-0.05, 0) is 18.8 Å². The molecule has 2 unspecified atom stereocenters. The van der Waals surface area contributed by atoms with Crippen LogP contribution in [0.1, 0.15) is 47.0 Å². The molecule has 0 aliphatic carbocycles. The third kappa shape index (κ3) is 2.97. The van der Waals surface area contributed by atoms with Gasteiger partial charge in [-0.3, -0.25) is 4.79 Å². The minimum atomic E-state index is -1.05. The fraction of sp³-hybridized carbons (Fsp3) is 0.833. The van der Waals surface area contributed by atoms with Crippen LogP contribution < -0.4 is 0 Å².